The van der Waals surface area contributed by atoms with Crippen LogP contribution in [0.1, 0.15) is 13.8 Å². The number of nitrogens with zero attached hydrogens (tertiary/aromatic N) is 1. The summed E-state index contributed by atoms with van der Waals surface area (Å²) in [6.07, 6.45) is 2.08. The summed E-state index contributed by atoms with van der Waals surface area (Å²) in [7, 11) is -0.847. The lowest BCUT2D eigenvalue weighted by Gasteiger charge is -2.22. The van der Waals surface area contributed by atoms with Gasteiger partial charge in [-0.1, -0.05) is 13.8 Å². The van der Waals surface area contributed by atoms with Crippen LogP contribution >= 0.6 is 10.0 Å². The zero-order valence-corrected chi connectivity index (χ0v) is 6.59. The Labute approximate surface area is 53.0 Å². The van der Waals surface area contributed by atoms with E-state index < -0.39 is 10.0 Å². The van der Waals surface area contributed by atoms with Gasteiger partial charge in [0.25, 0.3) is 0 Å². The van der Waals surface area contributed by atoms with Gasteiger partial charge < -0.3 is 0 Å². The molecule has 0 saturated heterocycles. The quantitative estimate of drug-likeness (QED) is 0.525. The van der Waals surface area contributed by atoms with Crippen molar-refractivity contribution in [3.63, 3.8) is 0 Å². The highest BCUT2D eigenvalue weighted by atomic mass is 32.3. The molecule has 8 heavy (non-hydrogen) atoms. The normalized spacial score (nSPS) is 12.8. The number of nitriles is 1. The summed E-state index contributed by atoms with van der Waals surface area (Å²) in [5.74, 6) is 2.08. The first-order chi connectivity index (χ1) is 3.68. The van der Waals surface area contributed by atoms with Gasteiger partial charge >= 0.3 is 0 Å². The Morgan fingerprint density at radius 1 is 1.38 bits per heavy atom. The minimum Gasteiger partial charge on any atom is -0.187 e. The van der Waals surface area contributed by atoms with E-state index in [4.69, 9.17) is 5.26 Å². The molecule has 0 N–H and O–H groups in total. The highest BCUT2D eigenvalue weighted by molar-refractivity contribution is 8.36. The Kier molecular flexibility index (Phi) is 2.93. The van der Waals surface area contributed by atoms with Gasteiger partial charge in [0.2, 0.25) is 0 Å². The fraction of sp³-hybridized carbons (Fsp3) is 0.833. The summed E-state index contributed by atoms with van der Waals surface area (Å²) in [5, 5.41) is 10.9. The molecular formula is C6H13NS. The molecule has 1 nitrogen and oxygen atoms in total. The summed E-state index contributed by atoms with van der Waals surface area (Å²) in [5.41, 5.74) is 0. The molecule has 0 aromatic rings. The maximum Gasteiger partial charge on any atom is 0.113 e. The summed E-state index contributed by atoms with van der Waals surface area (Å²) >= 11 is 0. The van der Waals surface area contributed by atoms with E-state index in [0.717, 1.165) is 11.5 Å². The van der Waals surface area contributed by atoms with Crippen molar-refractivity contribution in [3.8, 4) is 5.40 Å². The van der Waals surface area contributed by atoms with Crippen LogP contribution in [0.4, 0.5) is 0 Å². The van der Waals surface area contributed by atoms with E-state index in [-0.39, 0.29) is 0 Å². The molecule has 0 fully saturated rings. The zero-order valence-electron chi connectivity index (χ0n) is 5.77. The summed E-state index contributed by atoms with van der Waals surface area (Å²) in [6, 6.07) is 0. The van der Waals surface area contributed by atoms with Gasteiger partial charge in [-0.15, -0.1) is 0 Å². The molecule has 0 aromatic carbocycles. The predicted octanol–water partition coefficient (Wildman–Crippen LogP) is 1.94. The van der Waals surface area contributed by atoms with Gasteiger partial charge in [-0.3, -0.25) is 0 Å². The lowest BCUT2D eigenvalue weighted by atomic mass is 11.0. The topological polar surface area (TPSA) is 23.8 Å². The van der Waals surface area contributed by atoms with Gasteiger partial charge in [0.1, 0.15) is 5.40 Å². The Morgan fingerprint density at radius 2 is 1.75 bits per heavy atom. The smallest absolute Gasteiger partial charge is 0.113 e. The van der Waals surface area contributed by atoms with E-state index in [0.29, 0.717) is 0 Å². The number of hydrogen-bond acceptors (Lipinski definition) is 1. The first-order valence-corrected chi connectivity index (χ1v) is 5.21. The van der Waals surface area contributed by atoms with Crippen LogP contribution < -0.4 is 0 Å². The lowest BCUT2D eigenvalue weighted by Crippen LogP contribution is -1.98. The highest BCUT2D eigenvalue weighted by Crippen LogP contribution is 2.40. The van der Waals surface area contributed by atoms with Gasteiger partial charge in [-0.05, 0) is 17.8 Å². The second kappa shape index (κ2) is 2.99. The Hall–Kier alpha value is -0.160. The molecule has 0 spiro atoms. The fourth-order valence-corrected chi connectivity index (χ4v) is 1.000. The van der Waals surface area contributed by atoms with Crippen LogP contribution in [0.2, 0.25) is 0 Å². The Balaban J connectivity index is 3.83. The molecule has 0 rings (SSSR count). The third kappa shape index (κ3) is 1.75. The van der Waals surface area contributed by atoms with Crippen molar-refractivity contribution in [1.29, 1.82) is 5.26 Å². The van der Waals surface area contributed by atoms with Crippen molar-refractivity contribution < 1.29 is 0 Å². The van der Waals surface area contributed by atoms with Crippen molar-refractivity contribution in [2.75, 3.05) is 17.8 Å². The summed E-state index contributed by atoms with van der Waals surface area (Å²) < 4.78 is 0. The van der Waals surface area contributed by atoms with Crippen LogP contribution in [0.5, 0.6) is 0 Å². The van der Waals surface area contributed by atoms with E-state index in [2.05, 4.69) is 25.5 Å². The molecule has 0 bridgehead atoms. The van der Waals surface area contributed by atoms with Crippen LogP contribution in [-0.2, 0) is 0 Å². The van der Waals surface area contributed by atoms with Crippen molar-refractivity contribution >= 4 is 10.0 Å². The van der Waals surface area contributed by atoms with E-state index in [9.17, 15) is 0 Å². The van der Waals surface area contributed by atoms with Gasteiger partial charge in [-0.2, -0.15) is 15.3 Å². The molecule has 2 heteroatoms. The minimum atomic E-state index is -0.847. The Bertz CT molecular complexity index is 99.6. The molecule has 0 aliphatic rings. The van der Waals surface area contributed by atoms with Crippen molar-refractivity contribution in [1.82, 2.24) is 0 Å². The van der Waals surface area contributed by atoms with Crippen LogP contribution in [0.25, 0.3) is 0 Å². The molecule has 0 aliphatic heterocycles. The number of rotatable bonds is 2. The molecule has 0 atom stereocenters. The van der Waals surface area contributed by atoms with E-state index in [1.165, 1.54) is 0 Å². The van der Waals surface area contributed by atoms with E-state index in [1.807, 2.05) is 0 Å². The zero-order chi connectivity index (χ0) is 6.62. The third-order valence-corrected chi connectivity index (χ3v) is 4.48. The molecule has 0 radical (unpaired) electrons. The second-order valence-electron chi connectivity index (χ2n) is 1.94. The lowest BCUT2D eigenvalue weighted by molar-refractivity contribution is 1.41. The van der Waals surface area contributed by atoms with Gasteiger partial charge in [-0.25, -0.2) is 0 Å². The first-order valence-electron chi connectivity index (χ1n) is 2.83. The maximum atomic E-state index is 8.57. The highest BCUT2D eigenvalue weighted by Gasteiger charge is 2.09. The summed E-state index contributed by atoms with van der Waals surface area (Å²) in [4.78, 5) is 0. The first kappa shape index (κ1) is 7.84. The van der Waals surface area contributed by atoms with Crippen LogP contribution in [0, 0.1) is 10.7 Å². The molecule has 0 amide bonds. The van der Waals surface area contributed by atoms with Crippen LogP contribution in [-0.4, -0.2) is 17.8 Å². The molecule has 0 saturated carbocycles. The molecular weight excluding hydrogens is 118 g/mol. The number of hydrogen-bond donors (Lipinski definition) is 0. The maximum absolute atomic E-state index is 8.57. The third-order valence-electron chi connectivity index (χ3n) is 1.49. The van der Waals surface area contributed by atoms with Crippen LogP contribution in [0.15, 0.2) is 0 Å². The standard InChI is InChI=1S/C6H13NS/c1-4-8(3,5-2)6-7/h4-5H2,1-3H3. The molecule has 0 aliphatic carbocycles. The fourth-order valence-electron chi connectivity index (χ4n) is 0.333. The number of thiocyanates is 1. The molecule has 0 aromatic heterocycles. The minimum absolute atomic E-state index is 0.847. The molecule has 0 heterocycles. The van der Waals surface area contributed by atoms with Crippen LogP contribution in [0.3, 0.4) is 0 Å². The average Bonchev–Trinajstić information content (AvgIpc) is 1.87. The van der Waals surface area contributed by atoms with Crippen molar-refractivity contribution in [2.24, 2.45) is 0 Å². The van der Waals surface area contributed by atoms with Gasteiger partial charge in [0.05, 0.1) is 0 Å². The Morgan fingerprint density at radius 3 is 1.75 bits per heavy atom. The monoisotopic (exact) mass is 131 g/mol. The largest absolute Gasteiger partial charge is 0.187 e. The van der Waals surface area contributed by atoms with E-state index >= 15 is 0 Å². The summed E-state index contributed by atoms with van der Waals surface area (Å²) in [6.45, 7) is 4.17. The van der Waals surface area contributed by atoms with Crippen molar-refractivity contribution in [2.45, 2.75) is 13.8 Å². The van der Waals surface area contributed by atoms with E-state index in [1.54, 1.807) is 0 Å². The average molecular weight is 131 g/mol. The second-order valence-corrected chi connectivity index (χ2v) is 5.83. The molecule has 0 unspecified atom stereocenters. The van der Waals surface area contributed by atoms with Gasteiger partial charge in [0.15, 0.2) is 0 Å². The van der Waals surface area contributed by atoms with Crippen molar-refractivity contribution in [3.05, 3.63) is 0 Å². The van der Waals surface area contributed by atoms with Gasteiger partial charge in [0, 0.05) is 0 Å². The molecule has 48 valence electrons. The SMILES string of the molecule is CCS(C)(C#N)CC. The predicted molar refractivity (Wildman–Crippen MR) is 40.2 cm³/mol.